The van der Waals surface area contributed by atoms with Crippen molar-refractivity contribution >= 4 is 22.1 Å². The van der Waals surface area contributed by atoms with Crippen LogP contribution in [0.15, 0.2) is 224 Å². The van der Waals surface area contributed by atoms with Crippen molar-refractivity contribution < 1.29 is 42.6 Å². The summed E-state index contributed by atoms with van der Waals surface area (Å²) in [6, 6.07) is 78.2. The van der Waals surface area contributed by atoms with Crippen molar-refractivity contribution in [3.8, 4) is 85.4 Å². The van der Waals surface area contributed by atoms with E-state index in [0.29, 0.717) is 78.0 Å². The molecule has 12 nitrogen and oxygen atoms in total. The highest BCUT2D eigenvalue weighted by Gasteiger charge is 2.28. The van der Waals surface area contributed by atoms with Gasteiger partial charge in [-0.2, -0.15) is 0 Å². The van der Waals surface area contributed by atoms with Gasteiger partial charge in [-0.1, -0.05) is 251 Å². The zero-order valence-electron chi connectivity index (χ0n) is 78.3. The first-order valence-electron chi connectivity index (χ1n) is 43.7. The fourth-order valence-corrected chi connectivity index (χ4v) is 15.0. The molecule has 0 radical (unpaired) electrons. The van der Waals surface area contributed by atoms with E-state index in [1.807, 2.05) is 103 Å². The lowest BCUT2D eigenvalue weighted by Crippen LogP contribution is -2.17. The molecule has 0 saturated carbocycles. The Hall–Kier alpha value is -11.6. The van der Waals surface area contributed by atoms with E-state index in [1.54, 1.807) is 14.2 Å². The Bertz CT molecular complexity index is 5310. The number of pyridine rings is 3. The largest absolute Gasteiger partial charge is 0.497 e. The van der Waals surface area contributed by atoms with Crippen LogP contribution in [-0.4, -0.2) is 29.2 Å². The van der Waals surface area contributed by atoms with Gasteiger partial charge in [-0.15, -0.1) is 0 Å². The molecular formula is C112H129N3O9. The number of ether oxygens (including phenoxy) is 9. The first-order chi connectivity index (χ1) is 58.2. The van der Waals surface area contributed by atoms with Crippen LogP contribution in [0.5, 0.6) is 51.7 Å². The number of hydrogen-bond acceptors (Lipinski definition) is 12. The monoisotopic (exact) mass is 1660 g/mol. The summed E-state index contributed by atoms with van der Waals surface area (Å²) in [5.74, 6) is 6.00. The lowest BCUT2D eigenvalue weighted by Gasteiger charge is -2.26. The SMILES string of the molecule is COc1ccc(-c2ccc3c(-c4ccc(OCc5cc(OCc6cc(OCc7cc(C(C)(C)C)cc(C(C)(C)C)c7)cc(OCc7cc(C(C)(C)C)cc(C(C)(C)C)c7)c6)cc(OCc6cc(OCc7cc(C(C)(C)C)cc(C(C)(C)C)c7)cc(OCc7cc(C(C)(C)C)cc(C(C)(C)C)c7)c6)c5)cc4)c4ccc(-c5ccc(OC)cc5)nc4nc3n2)cc1. The summed E-state index contributed by atoms with van der Waals surface area (Å²) in [4.78, 5) is 15.6. The zero-order chi connectivity index (χ0) is 89.2. The van der Waals surface area contributed by atoms with Crippen molar-refractivity contribution in [1.29, 1.82) is 0 Å². The van der Waals surface area contributed by atoms with E-state index in [-0.39, 0.29) is 63.1 Å². The maximum Gasteiger partial charge on any atom is 0.162 e. The van der Waals surface area contributed by atoms with Gasteiger partial charge in [0.2, 0.25) is 0 Å². The van der Waals surface area contributed by atoms with Gasteiger partial charge in [-0.25, -0.2) is 15.0 Å². The number of nitrogens with zero attached hydrogens (tertiary/aromatic N) is 3. The molecule has 3 heterocycles. The third-order valence-corrected chi connectivity index (χ3v) is 23.0. The summed E-state index contributed by atoms with van der Waals surface area (Å²) < 4.78 is 59.5. The predicted octanol–water partition coefficient (Wildman–Crippen LogP) is 28.6. The van der Waals surface area contributed by atoms with Gasteiger partial charge in [0, 0.05) is 45.7 Å². The molecule has 0 fully saturated rings. The lowest BCUT2D eigenvalue weighted by molar-refractivity contribution is 0.272. The minimum Gasteiger partial charge on any atom is -0.497 e. The third-order valence-electron chi connectivity index (χ3n) is 23.0. The molecule has 10 aromatic carbocycles. The van der Waals surface area contributed by atoms with Gasteiger partial charge in [0.25, 0.3) is 0 Å². The molecule has 12 heteroatoms. The van der Waals surface area contributed by atoms with Gasteiger partial charge >= 0.3 is 0 Å². The van der Waals surface area contributed by atoms with Gasteiger partial charge in [0.05, 0.1) is 25.6 Å². The standard InChI is InChI=1S/C112H129N3O9/c1-105(2,3)81-43-71(44-82(57-81)106(4,5)6)64-119-92-53-76(54-93(61-92)120-65-72-45-83(107(7,8)9)58-84(46-72)108(10,11)12)69-123-96-51-75(68-118-91-37-31-80(32-38-91)102-98-39-41-100(78-27-33-89(116-25)34-28-78)113-103(98)115-104-99(102)40-42-101(114-104)79-29-35-90(117-26)36-30-79)52-97(63-96)124-70-77-55-94(121-66-73-47-85(109(13,14)15)59-86(48-73)110(16,17)18)62-95(56-77)122-67-74-49-87(111(19,20)21)60-88(50-74)112(22,23)24/h27-63H,64-70H2,1-26H3. The maximum atomic E-state index is 7.04. The first-order valence-corrected chi connectivity index (χ1v) is 43.7. The summed E-state index contributed by atoms with van der Waals surface area (Å²) in [6.07, 6.45) is 0. The van der Waals surface area contributed by atoms with E-state index < -0.39 is 0 Å². The minimum absolute atomic E-state index is 0.0697. The van der Waals surface area contributed by atoms with Crippen LogP contribution in [0.1, 0.15) is 250 Å². The van der Waals surface area contributed by atoms with Crippen molar-refractivity contribution in [2.45, 2.75) is 256 Å². The zero-order valence-corrected chi connectivity index (χ0v) is 78.3. The van der Waals surface area contributed by atoms with Crippen LogP contribution in [0, 0.1) is 0 Å². The molecule has 13 rings (SSSR count). The fourth-order valence-electron chi connectivity index (χ4n) is 15.0. The molecule has 0 spiro atoms. The van der Waals surface area contributed by atoms with Gasteiger partial charge in [-0.3, -0.25) is 0 Å². The maximum absolute atomic E-state index is 7.04. The molecule has 0 amide bonds. The van der Waals surface area contributed by atoms with Crippen LogP contribution in [0.4, 0.5) is 0 Å². The van der Waals surface area contributed by atoms with Crippen molar-refractivity contribution in [3.63, 3.8) is 0 Å². The molecule has 3 aromatic heterocycles. The summed E-state index contributed by atoms with van der Waals surface area (Å²) in [7, 11) is 3.33. The van der Waals surface area contributed by atoms with E-state index in [0.717, 1.165) is 94.9 Å². The van der Waals surface area contributed by atoms with Crippen LogP contribution < -0.4 is 42.6 Å². The second kappa shape index (κ2) is 35.9. The molecular weight excluding hydrogens is 1530 g/mol. The van der Waals surface area contributed by atoms with Crippen LogP contribution in [0.25, 0.3) is 55.7 Å². The summed E-state index contributed by atoms with van der Waals surface area (Å²) in [5.41, 5.74) is 23.0. The lowest BCUT2D eigenvalue weighted by atomic mass is 9.79. The Balaban J connectivity index is 0.860. The van der Waals surface area contributed by atoms with Crippen LogP contribution in [-0.2, 0) is 89.6 Å². The molecule has 0 aliphatic carbocycles. The molecule has 0 saturated heterocycles. The molecule has 124 heavy (non-hydrogen) atoms. The van der Waals surface area contributed by atoms with Gasteiger partial charge < -0.3 is 42.6 Å². The number of hydrogen-bond donors (Lipinski definition) is 0. The quantitative estimate of drug-likeness (QED) is 0.0480. The van der Waals surface area contributed by atoms with Crippen LogP contribution in [0.2, 0.25) is 0 Å². The Morgan fingerprint density at radius 1 is 0.194 bits per heavy atom. The number of benzene rings is 10. The molecule has 0 aliphatic rings. The fraction of sp³-hybridized carbons (Fsp3) is 0.366. The highest BCUT2D eigenvalue weighted by Crippen LogP contribution is 2.42. The van der Waals surface area contributed by atoms with Crippen LogP contribution in [0.3, 0.4) is 0 Å². The van der Waals surface area contributed by atoms with E-state index in [9.17, 15) is 0 Å². The Morgan fingerprint density at radius 3 is 0.613 bits per heavy atom. The Labute approximate surface area is 738 Å². The molecule has 0 N–H and O–H groups in total. The van der Waals surface area contributed by atoms with Crippen molar-refractivity contribution in [2.75, 3.05) is 14.2 Å². The third kappa shape index (κ3) is 23.0. The second-order valence-electron chi connectivity index (χ2n) is 41.7. The smallest absolute Gasteiger partial charge is 0.162 e. The van der Waals surface area contributed by atoms with E-state index in [2.05, 4.69) is 287 Å². The average Bonchev–Trinajstić information content (AvgIpc) is 0.745. The number of methoxy groups -OCH3 is 2. The van der Waals surface area contributed by atoms with Crippen LogP contribution >= 0.6 is 0 Å². The highest BCUT2D eigenvalue weighted by molar-refractivity contribution is 6.08. The van der Waals surface area contributed by atoms with E-state index in [4.69, 9.17) is 57.6 Å². The van der Waals surface area contributed by atoms with Gasteiger partial charge in [0.1, 0.15) is 98.0 Å². The molecule has 13 aromatic rings. The molecule has 0 bridgehead atoms. The summed E-state index contributed by atoms with van der Waals surface area (Å²) in [5, 5.41) is 1.77. The normalized spacial score (nSPS) is 12.5. The van der Waals surface area contributed by atoms with Crippen molar-refractivity contribution in [3.05, 3.63) is 308 Å². The first kappa shape index (κ1) is 90.1. The average molecular weight is 1660 g/mol. The molecule has 0 unspecified atom stereocenters. The molecule has 646 valence electrons. The number of fused-ring (bicyclic) bond motifs is 2. The molecule has 0 atom stereocenters. The van der Waals surface area contributed by atoms with Crippen molar-refractivity contribution in [2.24, 2.45) is 0 Å². The second-order valence-corrected chi connectivity index (χ2v) is 41.7. The molecule has 0 aliphatic heterocycles. The number of aromatic nitrogens is 3. The van der Waals surface area contributed by atoms with Gasteiger partial charge in [-0.05, 0) is 254 Å². The minimum atomic E-state index is -0.0697. The topological polar surface area (TPSA) is 122 Å². The predicted molar refractivity (Wildman–Crippen MR) is 509 cm³/mol. The highest BCUT2D eigenvalue weighted by atomic mass is 16.5. The Kier molecular flexibility index (Phi) is 26.1. The van der Waals surface area contributed by atoms with E-state index in [1.165, 1.54) is 44.5 Å². The van der Waals surface area contributed by atoms with Gasteiger partial charge in [0.15, 0.2) is 11.3 Å². The van der Waals surface area contributed by atoms with E-state index >= 15 is 0 Å². The summed E-state index contributed by atoms with van der Waals surface area (Å²) >= 11 is 0. The summed E-state index contributed by atoms with van der Waals surface area (Å²) in [6.45, 7) is 56.3. The Morgan fingerprint density at radius 2 is 0.395 bits per heavy atom. The number of rotatable bonds is 26. The van der Waals surface area contributed by atoms with Crippen molar-refractivity contribution in [1.82, 2.24) is 15.0 Å².